The topological polar surface area (TPSA) is 74.6 Å². The number of allylic oxidation sites excluding steroid dienone is 2. The zero-order valence-electron chi connectivity index (χ0n) is 22.3. The standard InChI is InChI=1S/C30H46O4/c1-25(2)21-9-12-29(6)22(27(21,4)11-10-23(25)32)8-7-19-20-17-26(3,24(33)34)13-15-30(20,18-31)16-14-28(19,29)5/h7,20-22,31H,8-18H2,1-6H3,(H,33,34)/t20-,21-,22-,26+,27+,28-,29-,30-/m1/s1. The van der Waals surface area contributed by atoms with E-state index in [2.05, 4.69) is 40.7 Å². The number of rotatable bonds is 2. The summed E-state index contributed by atoms with van der Waals surface area (Å²) in [5, 5.41) is 20.7. The van der Waals surface area contributed by atoms with Crippen LogP contribution >= 0.6 is 0 Å². The third-order valence-electron chi connectivity index (χ3n) is 13.2. The molecule has 190 valence electrons. The highest BCUT2D eigenvalue weighted by Crippen LogP contribution is 2.75. The van der Waals surface area contributed by atoms with Crippen molar-refractivity contribution in [2.45, 2.75) is 106 Å². The highest BCUT2D eigenvalue weighted by molar-refractivity contribution is 5.85. The van der Waals surface area contributed by atoms with Crippen molar-refractivity contribution in [3.05, 3.63) is 11.6 Å². The lowest BCUT2D eigenvalue weighted by Gasteiger charge is -2.70. The van der Waals surface area contributed by atoms with Crippen LogP contribution in [0.3, 0.4) is 0 Å². The average Bonchev–Trinajstić information content (AvgIpc) is 2.77. The van der Waals surface area contributed by atoms with Crippen LogP contribution in [0, 0.1) is 50.2 Å². The fourth-order valence-electron chi connectivity index (χ4n) is 10.5. The molecular weight excluding hydrogens is 424 g/mol. The van der Waals surface area contributed by atoms with Crippen molar-refractivity contribution in [1.29, 1.82) is 0 Å². The second-order valence-corrected chi connectivity index (χ2v) is 14.6. The molecule has 5 rings (SSSR count). The molecule has 4 heteroatoms. The summed E-state index contributed by atoms with van der Waals surface area (Å²) < 4.78 is 0. The zero-order chi connectivity index (χ0) is 24.9. The number of Topliss-reactive ketones (excluding diaryl/α,β-unsaturated/α-hetero) is 1. The van der Waals surface area contributed by atoms with Gasteiger partial charge in [-0.1, -0.05) is 46.3 Å². The molecule has 0 aromatic rings. The lowest BCUT2D eigenvalue weighted by Crippen LogP contribution is -2.64. The molecule has 0 saturated heterocycles. The largest absolute Gasteiger partial charge is 0.481 e. The molecule has 4 fully saturated rings. The normalized spacial score (nSPS) is 51.9. The fraction of sp³-hybridized carbons (Fsp3) is 0.867. The van der Waals surface area contributed by atoms with E-state index in [4.69, 9.17) is 0 Å². The fourth-order valence-corrected chi connectivity index (χ4v) is 10.5. The van der Waals surface area contributed by atoms with Crippen molar-refractivity contribution in [3.63, 3.8) is 0 Å². The summed E-state index contributed by atoms with van der Waals surface area (Å²) in [5.74, 6) is 0.879. The molecule has 34 heavy (non-hydrogen) atoms. The van der Waals surface area contributed by atoms with Crippen LogP contribution in [0.15, 0.2) is 11.6 Å². The predicted molar refractivity (Wildman–Crippen MR) is 133 cm³/mol. The first-order valence-electron chi connectivity index (χ1n) is 13.8. The van der Waals surface area contributed by atoms with Crippen molar-refractivity contribution in [3.8, 4) is 0 Å². The molecule has 0 amide bonds. The van der Waals surface area contributed by atoms with Gasteiger partial charge in [0.15, 0.2) is 0 Å². The van der Waals surface area contributed by atoms with Crippen molar-refractivity contribution < 1.29 is 19.8 Å². The Morgan fingerprint density at radius 3 is 2.29 bits per heavy atom. The van der Waals surface area contributed by atoms with Gasteiger partial charge in [-0.15, -0.1) is 0 Å². The maximum Gasteiger partial charge on any atom is 0.309 e. The molecule has 0 heterocycles. The lowest BCUT2D eigenvalue weighted by atomic mass is 9.33. The van der Waals surface area contributed by atoms with Crippen LogP contribution in [0.4, 0.5) is 0 Å². The first-order valence-corrected chi connectivity index (χ1v) is 13.8. The number of carboxylic acids is 1. The SMILES string of the molecule is CC1(C)C(=O)CC[C@@]2(C)[C@@H]1CC[C@]1(C)[C@@H]2CC=C2[C@H]3C[C@@](C)(C(=O)O)CC[C@]3(CO)CC[C@]21C. The number of carboxylic acid groups (broad SMARTS) is 1. The molecule has 5 aliphatic carbocycles. The Morgan fingerprint density at radius 1 is 0.971 bits per heavy atom. The van der Waals surface area contributed by atoms with Gasteiger partial charge in [-0.05, 0) is 98.7 Å². The molecule has 0 unspecified atom stereocenters. The van der Waals surface area contributed by atoms with Gasteiger partial charge in [0.1, 0.15) is 5.78 Å². The number of hydrogen-bond acceptors (Lipinski definition) is 3. The van der Waals surface area contributed by atoms with Gasteiger partial charge in [-0.25, -0.2) is 0 Å². The van der Waals surface area contributed by atoms with E-state index >= 15 is 0 Å². The van der Waals surface area contributed by atoms with Crippen LogP contribution in [0.2, 0.25) is 0 Å². The van der Waals surface area contributed by atoms with E-state index in [1.807, 2.05) is 6.92 Å². The summed E-state index contributed by atoms with van der Waals surface area (Å²) in [4.78, 5) is 25.2. The van der Waals surface area contributed by atoms with E-state index in [-0.39, 0.29) is 39.6 Å². The number of fused-ring (bicyclic) bond motifs is 7. The highest BCUT2D eigenvalue weighted by Gasteiger charge is 2.68. The molecule has 0 aromatic carbocycles. The number of aliphatic hydroxyl groups is 1. The Labute approximate surface area is 206 Å². The third-order valence-corrected chi connectivity index (χ3v) is 13.2. The van der Waals surface area contributed by atoms with Gasteiger partial charge < -0.3 is 10.2 Å². The van der Waals surface area contributed by atoms with E-state index in [9.17, 15) is 19.8 Å². The second-order valence-electron chi connectivity index (χ2n) is 14.6. The molecule has 2 N–H and O–H groups in total. The number of carbonyl (C=O) groups excluding carboxylic acids is 1. The van der Waals surface area contributed by atoms with Crippen LogP contribution in [0.25, 0.3) is 0 Å². The van der Waals surface area contributed by atoms with Crippen LogP contribution < -0.4 is 0 Å². The highest BCUT2D eigenvalue weighted by atomic mass is 16.4. The Kier molecular flexibility index (Phi) is 5.20. The molecular formula is C30H46O4. The van der Waals surface area contributed by atoms with Crippen LogP contribution in [0.5, 0.6) is 0 Å². The first kappa shape index (κ1) is 24.5. The van der Waals surface area contributed by atoms with Crippen molar-refractivity contribution >= 4 is 11.8 Å². The van der Waals surface area contributed by atoms with E-state index < -0.39 is 11.4 Å². The van der Waals surface area contributed by atoms with Gasteiger partial charge in [-0.3, -0.25) is 9.59 Å². The van der Waals surface area contributed by atoms with Crippen molar-refractivity contribution in [2.75, 3.05) is 6.61 Å². The number of carbonyl (C=O) groups is 2. The summed E-state index contributed by atoms with van der Waals surface area (Å²) in [6, 6.07) is 0. The predicted octanol–water partition coefficient (Wildman–Crippen LogP) is 6.41. The Bertz CT molecular complexity index is 949. The third kappa shape index (κ3) is 2.81. The number of aliphatic hydroxyl groups excluding tert-OH is 1. The monoisotopic (exact) mass is 470 g/mol. The van der Waals surface area contributed by atoms with Crippen molar-refractivity contribution in [1.82, 2.24) is 0 Å². The van der Waals surface area contributed by atoms with E-state index in [0.717, 1.165) is 44.9 Å². The van der Waals surface area contributed by atoms with Gasteiger partial charge in [-0.2, -0.15) is 0 Å². The number of ketones is 1. The van der Waals surface area contributed by atoms with Crippen LogP contribution in [-0.4, -0.2) is 28.6 Å². The van der Waals surface area contributed by atoms with Gasteiger partial charge in [0.25, 0.3) is 0 Å². The molecule has 0 radical (unpaired) electrons. The lowest BCUT2D eigenvalue weighted by molar-refractivity contribution is -0.188. The van der Waals surface area contributed by atoms with E-state index in [1.165, 1.54) is 5.57 Å². The summed E-state index contributed by atoms with van der Waals surface area (Å²) in [6.45, 7) is 14.0. The number of hydrogen-bond donors (Lipinski definition) is 2. The minimum Gasteiger partial charge on any atom is -0.481 e. The molecule has 0 spiro atoms. The second kappa shape index (κ2) is 7.20. The number of aliphatic carboxylic acids is 1. The molecule has 0 aromatic heterocycles. The maximum atomic E-state index is 12.9. The molecule has 0 bridgehead atoms. The minimum absolute atomic E-state index is 0.0234. The molecule has 4 saturated carbocycles. The quantitative estimate of drug-likeness (QED) is 0.457. The zero-order valence-corrected chi connectivity index (χ0v) is 22.3. The van der Waals surface area contributed by atoms with Gasteiger partial charge in [0.2, 0.25) is 0 Å². The molecule has 5 aliphatic rings. The summed E-state index contributed by atoms with van der Waals surface area (Å²) >= 11 is 0. The van der Waals surface area contributed by atoms with E-state index in [1.54, 1.807) is 0 Å². The smallest absolute Gasteiger partial charge is 0.309 e. The average molecular weight is 471 g/mol. The van der Waals surface area contributed by atoms with Gasteiger partial charge in [0.05, 0.1) is 5.41 Å². The molecule has 4 nitrogen and oxygen atoms in total. The van der Waals surface area contributed by atoms with Gasteiger partial charge in [0, 0.05) is 23.9 Å². The maximum absolute atomic E-state index is 12.9. The Hall–Kier alpha value is -1.16. The molecule has 0 aliphatic heterocycles. The van der Waals surface area contributed by atoms with Crippen LogP contribution in [-0.2, 0) is 9.59 Å². The Morgan fingerprint density at radius 2 is 1.65 bits per heavy atom. The van der Waals surface area contributed by atoms with Crippen LogP contribution in [0.1, 0.15) is 106 Å². The van der Waals surface area contributed by atoms with Gasteiger partial charge >= 0.3 is 5.97 Å². The first-order chi connectivity index (χ1) is 15.7. The van der Waals surface area contributed by atoms with E-state index in [0.29, 0.717) is 36.9 Å². The summed E-state index contributed by atoms with van der Waals surface area (Å²) in [7, 11) is 0. The van der Waals surface area contributed by atoms with Crippen molar-refractivity contribution in [2.24, 2.45) is 50.2 Å². The summed E-state index contributed by atoms with van der Waals surface area (Å²) in [5.41, 5.74) is 0.661. The minimum atomic E-state index is -0.711. The summed E-state index contributed by atoms with van der Waals surface area (Å²) in [6.07, 6.45) is 11.7. The Balaban J connectivity index is 1.59. The molecule has 8 atom stereocenters.